The molecule has 1 aromatic carbocycles. The highest BCUT2D eigenvalue weighted by molar-refractivity contribution is 5.96. The Hall–Kier alpha value is -2.32. The van der Waals surface area contributed by atoms with E-state index < -0.39 is 17.9 Å². The van der Waals surface area contributed by atoms with E-state index in [0.29, 0.717) is 11.1 Å². The molecule has 1 aromatic rings. The normalized spacial score (nSPS) is 11.4. The number of likely N-dealkylation sites (N-methyl/N-ethyl adjacent to an activating group) is 1. The van der Waals surface area contributed by atoms with Crippen LogP contribution in [0.5, 0.6) is 0 Å². The van der Waals surface area contributed by atoms with E-state index in [-0.39, 0.29) is 6.54 Å². The number of amides is 1. The predicted octanol–water partition coefficient (Wildman–Crippen LogP) is 0.152. The van der Waals surface area contributed by atoms with Crippen LogP contribution < -0.4 is 5.73 Å². The molecule has 0 fully saturated rings. The number of terminal acetylenes is 1. The van der Waals surface area contributed by atoms with Crippen LogP contribution in [0.4, 0.5) is 0 Å². The smallest absolute Gasteiger partial charge is 0.327 e. The highest BCUT2D eigenvalue weighted by atomic mass is 16.4. The predicted molar refractivity (Wildman–Crippen MR) is 66.9 cm³/mol. The lowest BCUT2D eigenvalue weighted by atomic mass is 10.1. The first kappa shape index (κ1) is 13.7. The number of hydrogen-bond donors (Lipinski definition) is 2. The molecule has 0 saturated heterocycles. The van der Waals surface area contributed by atoms with Crippen LogP contribution in [0.2, 0.25) is 0 Å². The quantitative estimate of drug-likeness (QED) is 0.741. The van der Waals surface area contributed by atoms with E-state index in [2.05, 4.69) is 5.92 Å². The van der Waals surface area contributed by atoms with Gasteiger partial charge in [-0.1, -0.05) is 5.92 Å². The van der Waals surface area contributed by atoms with Crippen molar-refractivity contribution in [1.82, 2.24) is 4.90 Å². The van der Waals surface area contributed by atoms with Crippen molar-refractivity contribution in [2.75, 3.05) is 13.6 Å². The largest absolute Gasteiger partial charge is 0.480 e. The fraction of sp³-hybridized carbons (Fsp3) is 0.231. The molecule has 0 aliphatic heterocycles. The average Bonchev–Trinajstić information content (AvgIpc) is 2.38. The lowest BCUT2D eigenvalue weighted by Crippen LogP contribution is -2.46. The van der Waals surface area contributed by atoms with Gasteiger partial charge in [-0.15, -0.1) is 6.42 Å². The molecule has 0 aliphatic rings. The molecule has 3 N–H and O–H groups in total. The summed E-state index contributed by atoms with van der Waals surface area (Å²) in [5, 5.41) is 8.92. The summed E-state index contributed by atoms with van der Waals surface area (Å²) in [6.45, 7) is -0.139. The molecule has 0 spiro atoms. The fourth-order valence-corrected chi connectivity index (χ4v) is 1.48. The van der Waals surface area contributed by atoms with Gasteiger partial charge >= 0.3 is 5.97 Å². The van der Waals surface area contributed by atoms with E-state index >= 15 is 0 Å². The number of carbonyl (C=O) groups is 2. The van der Waals surface area contributed by atoms with Crippen LogP contribution in [0.3, 0.4) is 0 Å². The monoisotopic (exact) mass is 246 g/mol. The Morgan fingerprint density at radius 2 is 2.00 bits per heavy atom. The minimum absolute atomic E-state index is 0.139. The maximum Gasteiger partial charge on any atom is 0.327 e. The van der Waals surface area contributed by atoms with Crippen LogP contribution in [0.15, 0.2) is 24.3 Å². The summed E-state index contributed by atoms with van der Waals surface area (Å²) < 4.78 is 0. The molecule has 5 heteroatoms. The van der Waals surface area contributed by atoms with Gasteiger partial charge in [-0.05, 0) is 24.3 Å². The Morgan fingerprint density at radius 1 is 1.44 bits per heavy atom. The van der Waals surface area contributed by atoms with Crippen LogP contribution in [0.25, 0.3) is 0 Å². The molecule has 0 radical (unpaired) electrons. The molecule has 18 heavy (non-hydrogen) atoms. The van der Waals surface area contributed by atoms with Crippen molar-refractivity contribution in [2.45, 2.75) is 6.04 Å². The van der Waals surface area contributed by atoms with Crippen LogP contribution in [-0.2, 0) is 4.79 Å². The third-order valence-corrected chi connectivity index (χ3v) is 2.59. The summed E-state index contributed by atoms with van der Waals surface area (Å²) in [6.07, 6.45) is 5.21. The molecule has 5 nitrogen and oxygen atoms in total. The molecule has 1 amide bonds. The van der Waals surface area contributed by atoms with Gasteiger partial charge in [0.1, 0.15) is 6.04 Å². The van der Waals surface area contributed by atoms with Crippen molar-refractivity contribution >= 4 is 11.9 Å². The van der Waals surface area contributed by atoms with Crippen molar-refractivity contribution in [3.05, 3.63) is 35.4 Å². The van der Waals surface area contributed by atoms with Crippen LogP contribution in [-0.4, -0.2) is 41.5 Å². The highest BCUT2D eigenvalue weighted by Crippen LogP contribution is 2.08. The molecule has 1 atom stereocenters. The van der Waals surface area contributed by atoms with Gasteiger partial charge in [-0.25, -0.2) is 4.79 Å². The molecule has 0 bridgehead atoms. The summed E-state index contributed by atoms with van der Waals surface area (Å²) in [4.78, 5) is 24.0. The number of aliphatic carboxylic acids is 1. The maximum absolute atomic E-state index is 12.0. The highest BCUT2D eigenvalue weighted by Gasteiger charge is 2.25. The van der Waals surface area contributed by atoms with E-state index in [4.69, 9.17) is 17.3 Å². The van der Waals surface area contributed by atoms with E-state index in [1.54, 1.807) is 24.3 Å². The maximum atomic E-state index is 12.0. The first-order valence-electron chi connectivity index (χ1n) is 5.28. The van der Waals surface area contributed by atoms with Crippen LogP contribution >= 0.6 is 0 Å². The molecule has 0 heterocycles. The zero-order chi connectivity index (χ0) is 13.7. The average molecular weight is 246 g/mol. The molecule has 0 aliphatic carbocycles. The third-order valence-electron chi connectivity index (χ3n) is 2.59. The van der Waals surface area contributed by atoms with Gasteiger partial charge in [0, 0.05) is 24.7 Å². The van der Waals surface area contributed by atoms with Crippen LogP contribution in [0.1, 0.15) is 15.9 Å². The Morgan fingerprint density at radius 3 is 2.39 bits per heavy atom. The molecule has 1 unspecified atom stereocenters. The van der Waals surface area contributed by atoms with E-state index in [1.165, 1.54) is 7.05 Å². The molecule has 94 valence electrons. The Labute approximate surface area is 105 Å². The molecule has 0 aromatic heterocycles. The van der Waals surface area contributed by atoms with Crippen molar-refractivity contribution < 1.29 is 14.7 Å². The summed E-state index contributed by atoms with van der Waals surface area (Å²) in [7, 11) is 1.41. The van der Waals surface area contributed by atoms with Crippen molar-refractivity contribution in [3.8, 4) is 12.3 Å². The van der Waals surface area contributed by atoms with Gasteiger partial charge in [-0.3, -0.25) is 4.79 Å². The van der Waals surface area contributed by atoms with Gasteiger partial charge in [0.25, 0.3) is 5.91 Å². The number of nitrogens with two attached hydrogens (primary N) is 1. The van der Waals surface area contributed by atoms with Crippen LogP contribution in [0, 0.1) is 12.3 Å². The number of hydrogen-bond acceptors (Lipinski definition) is 3. The first-order valence-corrected chi connectivity index (χ1v) is 5.28. The number of rotatable bonds is 4. The second-order valence-corrected chi connectivity index (χ2v) is 3.73. The topological polar surface area (TPSA) is 83.6 Å². The first-order chi connectivity index (χ1) is 8.51. The molecule has 0 saturated carbocycles. The molecular weight excluding hydrogens is 232 g/mol. The minimum Gasteiger partial charge on any atom is -0.480 e. The Balaban J connectivity index is 2.92. The number of carboxylic acids is 1. The van der Waals surface area contributed by atoms with Gasteiger partial charge < -0.3 is 15.7 Å². The van der Waals surface area contributed by atoms with Gasteiger partial charge in [0.05, 0.1) is 0 Å². The zero-order valence-corrected chi connectivity index (χ0v) is 9.96. The Kier molecular flexibility index (Phi) is 4.46. The lowest BCUT2D eigenvalue weighted by Gasteiger charge is -2.23. The zero-order valence-electron chi connectivity index (χ0n) is 9.96. The fourth-order valence-electron chi connectivity index (χ4n) is 1.48. The number of nitrogens with zero attached hydrogens (tertiary/aromatic N) is 1. The van der Waals surface area contributed by atoms with E-state index in [0.717, 1.165) is 4.90 Å². The standard InChI is InChI=1S/C13H14N2O3/c1-3-9-4-6-10(7-5-9)12(16)15(2)11(8-14)13(17)18/h1,4-7,11H,8,14H2,2H3,(H,17,18). The third kappa shape index (κ3) is 2.87. The van der Waals surface area contributed by atoms with E-state index in [1.807, 2.05) is 0 Å². The summed E-state index contributed by atoms with van der Waals surface area (Å²) in [6, 6.07) is 5.33. The van der Waals surface area contributed by atoms with Gasteiger partial charge in [0.2, 0.25) is 0 Å². The SMILES string of the molecule is C#Cc1ccc(C(=O)N(C)C(CN)C(=O)O)cc1. The Bertz CT molecular complexity index is 488. The molecular formula is C13H14N2O3. The number of carbonyl (C=O) groups excluding carboxylic acids is 1. The number of carboxylic acid groups (broad SMARTS) is 1. The second-order valence-electron chi connectivity index (χ2n) is 3.73. The van der Waals surface area contributed by atoms with Gasteiger partial charge in [-0.2, -0.15) is 0 Å². The van der Waals surface area contributed by atoms with Crippen molar-refractivity contribution in [1.29, 1.82) is 0 Å². The van der Waals surface area contributed by atoms with Crippen molar-refractivity contribution in [2.24, 2.45) is 5.73 Å². The number of benzene rings is 1. The van der Waals surface area contributed by atoms with Gasteiger partial charge in [0.15, 0.2) is 0 Å². The second kappa shape index (κ2) is 5.84. The molecule has 1 rings (SSSR count). The lowest BCUT2D eigenvalue weighted by molar-refractivity contribution is -0.141. The summed E-state index contributed by atoms with van der Waals surface area (Å²) in [5.74, 6) is 0.898. The van der Waals surface area contributed by atoms with Crippen molar-refractivity contribution in [3.63, 3.8) is 0 Å². The summed E-state index contributed by atoms with van der Waals surface area (Å²) >= 11 is 0. The van der Waals surface area contributed by atoms with E-state index in [9.17, 15) is 9.59 Å². The summed E-state index contributed by atoms with van der Waals surface area (Å²) in [5.41, 5.74) is 6.36. The minimum atomic E-state index is -1.13.